The summed E-state index contributed by atoms with van der Waals surface area (Å²) in [6.07, 6.45) is 3.14. The maximum absolute atomic E-state index is 9.92. The van der Waals surface area contributed by atoms with Crippen LogP contribution in [-0.4, -0.2) is 12.7 Å². The van der Waals surface area contributed by atoms with Gasteiger partial charge in [0.2, 0.25) is 6.08 Å². The molecule has 1 aromatic rings. The Hall–Kier alpha value is -1.57. The first-order valence-corrected chi connectivity index (χ1v) is 4.36. The number of aliphatic imine (C=N–C) groups is 1. The molecule has 0 aliphatic rings. The van der Waals surface area contributed by atoms with Gasteiger partial charge in [0.1, 0.15) is 12.4 Å². The van der Waals surface area contributed by atoms with Crippen molar-refractivity contribution in [2.75, 3.05) is 6.61 Å². The molecule has 0 aliphatic heterocycles. The van der Waals surface area contributed by atoms with Crippen molar-refractivity contribution in [2.45, 2.75) is 0 Å². The maximum Gasteiger partial charge on any atom is 0.240 e. The van der Waals surface area contributed by atoms with Crippen molar-refractivity contribution in [1.82, 2.24) is 0 Å². The van der Waals surface area contributed by atoms with Crippen LogP contribution in [0.1, 0.15) is 0 Å². The second kappa shape index (κ2) is 5.97. The van der Waals surface area contributed by atoms with E-state index in [0.29, 0.717) is 18.0 Å². The summed E-state index contributed by atoms with van der Waals surface area (Å²) in [5, 5.41) is 0. The molecule has 0 spiro atoms. The minimum Gasteiger partial charge on any atom is -0.490 e. The first-order valence-electron chi connectivity index (χ1n) is 3.93. The average molecular weight is 210 g/mol. The summed E-state index contributed by atoms with van der Waals surface area (Å²) in [5.74, 6) is 0.699. The summed E-state index contributed by atoms with van der Waals surface area (Å²) in [4.78, 5) is 13.4. The number of isocyanates is 1. The van der Waals surface area contributed by atoms with E-state index >= 15 is 0 Å². The van der Waals surface area contributed by atoms with E-state index in [1.54, 1.807) is 30.3 Å². The lowest BCUT2D eigenvalue weighted by Crippen LogP contribution is -1.91. The maximum atomic E-state index is 9.92. The summed E-state index contributed by atoms with van der Waals surface area (Å²) in [6, 6.07) is 6.78. The molecule has 0 radical (unpaired) electrons. The van der Waals surface area contributed by atoms with Gasteiger partial charge in [0.15, 0.2) is 0 Å². The largest absolute Gasteiger partial charge is 0.490 e. The van der Waals surface area contributed by atoms with Gasteiger partial charge in [-0.25, -0.2) is 4.79 Å². The first kappa shape index (κ1) is 10.5. The molecule has 0 heterocycles. The highest BCUT2D eigenvalue weighted by molar-refractivity contribution is 6.25. The molecule has 3 nitrogen and oxygen atoms in total. The molecular formula is C10H8ClNO2. The molecule has 0 fully saturated rings. The number of carbonyl (C=O) groups excluding carboxylic acids is 1. The van der Waals surface area contributed by atoms with Crippen LogP contribution in [0.3, 0.4) is 0 Å². The van der Waals surface area contributed by atoms with Crippen LogP contribution in [0.15, 0.2) is 40.9 Å². The topological polar surface area (TPSA) is 38.7 Å². The van der Waals surface area contributed by atoms with Crippen molar-refractivity contribution in [3.63, 3.8) is 0 Å². The molecule has 72 valence electrons. The third kappa shape index (κ3) is 3.44. The van der Waals surface area contributed by atoms with E-state index in [4.69, 9.17) is 16.3 Å². The lowest BCUT2D eigenvalue weighted by Gasteiger charge is -2.01. The van der Waals surface area contributed by atoms with Crippen molar-refractivity contribution in [3.8, 4) is 5.75 Å². The molecule has 0 bridgehead atoms. The standard InChI is InChI=1S/C10H8ClNO2/c11-6-1-7-14-10-4-2-9(3-5-10)12-8-13/h1-6H,7H2/b6-1+. The fourth-order valence-electron chi connectivity index (χ4n) is 0.850. The molecule has 1 rings (SSSR count). The molecule has 0 saturated heterocycles. The highest BCUT2D eigenvalue weighted by Gasteiger charge is 1.92. The predicted molar refractivity (Wildman–Crippen MR) is 54.7 cm³/mol. The fraction of sp³-hybridized carbons (Fsp3) is 0.100. The van der Waals surface area contributed by atoms with Crippen LogP contribution >= 0.6 is 11.6 Å². The summed E-state index contributed by atoms with van der Waals surface area (Å²) < 4.78 is 5.27. The van der Waals surface area contributed by atoms with Crippen LogP contribution in [0, 0.1) is 0 Å². The van der Waals surface area contributed by atoms with Gasteiger partial charge in [-0.15, -0.1) is 0 Å². The number of benzene rings is 1. The van der Waals surface area contributed by atoms with Crippen LogP contribution in [0.2, 0.25) is 0 Å². The van der Waals surface area contributed by atoms with E-state index in [1.807, 2.05) is 0 Å². The predicted octanol–water partition coefficient (Wildman–Crippen LogP) is 2.79. The number of nitrogens with zero attached hydrogens (tertiary/aromatic N) is 1. The van der Waals surface area contributed by atoms with Crippen LogP contribution in [0.25, 0.3) is 0 Å². The summed E-state index contributed by atoms with van der Waals surface area (Å²) in [6.45, 7) is 0.416. The molecule has 0 N–H and O–H groups in total. The highest BCUT2D eigenvalue weighted by atomic mass is 35.5. The Labute approximate surface area is 86.7 Å². The third-order valence-corrected chi connectivity index (χ3v) is 1.62. The van der Waals surface area contributed by atoms with E-state index in [-0.39, 0.29) is 0 Å². The molecule has 0 aromatic heterocycles. The van der Waals surface area contributed by atoms with E-state index in [0.717, 1.165) is 0 Å². The fourth-order valence-corrected chi connectivity index (χ4v) is 0.923. The molecule has 0 saturated carbocycles. The Morgan fingerprint density at radius 3 is 2.71 bits per heavy atom. The van der Waals surface area contributed by atoms with Gasteiger partial charge < -0.3 is 4.74 Å². The quantitative estimate of drug-likeness (QED) is 0.565. The van der Waals surface area contributed by atoms with E-state index in [9.17, 15) is 4.79 Å². The van der Waals surface area contributed by atoms with Gasteiger partial charge in [0.05, 0.1) is 5.69 Å². The molecule has 4 heteroatoms. The van der Waals surface area contributed by atoms with Gasteiger partial charge >= 0.3 is 0 Å². The number of rotatable bonds is 4. The monoisotopic (exact) mass is 209 g/mol. The molecule has 0 aliphatic carbocycles. The normalized spacial score (nSPS) is 9.79. The van der Waals surface area contributed by atoms with Crippen LogP contribution < -0.4 is 4.74 Å². The molecule has 1 aromatic carbocycles. The number of halogens is 1. The number of ether oxygens (including phenoxy) is 1. The van der Waals surface area contributed by atoms with Crippen LogP contribution in [-0.2, 0) is 4.79 Å². The second-order valence-electron chi connectivity index (χ2n) is 2.37. The molecular weight excluding hydrogens is 202 g/mol. The molecule has 14 heavy (non-hydrogen) atoms. The summed E-state index contributed by atoms with van der Waals surface area (Å²) in [7, 11) is 0. The van der Waals surface area contributed by atoms with Gasteiger partial charge in [-0.1, -0.05) is 11.6 Å². The third-order valence-electron chi connectivity index (χ3n) is 1.45. The van der Waals surface area contributed by atoms with Crippen LogP contribution in [0.4, 0.5) is 5.69 Å². The first-order chi connectivity index (χ1) is 6.86. The van der Waals surface area contributed by atoms with E-state index < -0.39 is 0 Å². The molecule has 0 unspecified atom stereocenters. The van der Waals surface area contributed by atoms with Crippen molar-refractivity contribution in [1.29, 1.82) is 0 Å². The molecule has 0 atom stereocenters. The zero-order chi connectivity index (χ0) is 10.2. The zero-order valence-electron chi connectivity index (χ0n) is 7.31. The van der Waals surface area contributed by atoms with E-state index in [2.05, 4.69) is 4.99 Å². The van der Waals surface area contributed by atoms with Crippen molar-refractivity contribution in [2.24, 2.45) is 4.99 Å². The van der Waals surface area contributed by atoms with Crippen molar-refractivity contribution in [3.05, 3.63) is 35.9 Å². The SMILES string of the molecule is O=C=Nc1ccc(OC/C=C/Cl)cc1. The lowest BCUT2D eigenvalue weighted by atomic mass is 10.3. The van der Waals surface area contributed by atoms with E-state index in [1.165, 1.54) is 11.6 Å². The number of hydrogen-bond acceptors (Lipinski definition) is 3. The summed E-state index contributed by atoms with van der Waals surface area (Å²) in [5.41, 5.74) is 1.95. The van der Waals surface area contributed by atoms with Gasteiger partial charge in [-0.05, 0) is 30.3 Å². The number of hydrogen-bond donors (Lipinski definition) is 0. The Balaban J connectivity index is 2.59. The van der Waals surface area contributed by atoms with Gasteiger partial charge in [-0.2, -0.15) is 4.99 Å². The zero-order valence-corrected chi connectivity index (χ0v) is 8.07. The molecule has 0 amide bonds. The lowest BCUT2D eigenvalue weighted by molar-refractivity contribution is 0.363. The highest BCUT2D eigenvalue weighted by Crippen LogP contribution is 2.17. The summed E-state index contributed by atoms with van der Waals surface area (Å²) >= 11 is 5.32. The average Bonchev–Trinajstić information content (AvgIpc) is 2.21. The second-order valence-corrected chi connectivity index (χ2v) is 2.62. The Bertz CT molecular complexity index is 353. The minimum absolute atomic E-state index is 0.416. The smallest absolute Gasteiger partial charge is 0.240 e. The van der Waals surface area contributed by atoms with Crippen molar-refractivity contribution < 1.29 is 9.53 Å². The Kier molecular flexibility index (Phi) is 4.48. The van der Waals surface area contributed by atoms with Crippen LogP contribution in [0.5, 0.6) is 5.75 Å². The van der Waals surface area contributed by atoms with Crippen molar-refractivity contribution >= 4 is 23.4 Å². The minimum atomic E-state index is 0.416. The van der Waals surface area contributed by atoms with Gasteiger partial charge in [-0.3, -0.25) is 0 Å². The van der Waals surface area contributed by atoms with Gasteiger partial charge in [0.25, 0.3) is 0 Å². The Morgan fingerprint density at radius 2 is 2.14 bits per heavy atom. The van der Waals surface area contributed by atoms with Gasteiger partial charge in [0, 0.05) is 5.54 Å². The Morgan fingerprint density at radius 1 is 1.43 bits per heavy atom.